The van der Waals surface area contributed by atoms with Crippen LogP contribution < -0.4 is 0 Å². The summed E-state index contributed by atoms with van der Waals surface area (Å²) in [4.78, 5) is -0.115. The molecule has 15 heavy (non-hydrogen) atoms. The summed E-state index contributed by atoms with van der Waals surface area (Å²) in [6.45, 7) is 0. The summed E-state index contributed by atoms with van der Waals surface area (Å²) in [5, 5.41) is 3.43. The van der Waals surface area contributed by atoms with Crippen LogP contribution in [0.3, 0.4) is 0 Å². The quantitative estimate of drug-likeness (QED) is 0.759. The van der Waals surface area contributed by atoms with Gasteiger partial charge in [-0.1, -0.05) is 35.5 Å². The van der Waals surface area contributed by atoms with Crippen LogP contribution in [0.5, 0.6) is 0 Å². The molecule has 0 radical (unpaired) electrons. The van der Waals surface area contributed by atoms with Crippen molar-refractivity contribution in [2.45, 2.75) is 4.90 Å². The second kappa shape index (κ2) is 3.67. The molecule has 0 spiro atoms. The molecule has 0 aliphatic heterocycles. The molecule has 0 aliphatic rings. The van der Waals surface area contributed by atoms with E-state index in [0.29, 0.717) is 5.56 Å². The van der Waals surface area contributed by atoms with Gasteiger partial charge in [-0.15, -0.1) is 0 Å². The normalized spacial score (nSPS) is 11.5. The zero-order valence-electron chi connectivity index (χ0n) is 7.42. The Bertz CT molecular complexity index is 562. The van der Waals surface area contributed by atoms with Crippen LogP contribution >= 0.6 is 10.7 Å². The third kappa shape index (κ3) is 2.03. The Balaban J connectivity index is 2.61. The second-order valence-corrected chi connectivity index (χ2v) is 5.36. The van der Waals surface area contributed by atoms with Gasteiger partial charge in [-0.25, -0.2) is 8.42 Å². The zero-order chi connectivity index (χ0) is 10.9. The van der Waals surface area contributed by atoms with Crippen molar-refractivity contribution >= 4 is 19.7 Å². The lowest BCUT2D eigenvalue weighted by molar-refractivity contribution is 0.431. The third-order valence-corrected chi connectivity index (χ3v) is 3.15. The van der Waals surface area contributed by atoms with E-state index in [1.165, 1.54) is 0 Å². The zero-order valence-corrected chi connectivity index (χ0v) is 8.99. The fourth-order valence-corrected chi connectivity index (χ4v) is 2.06. The summed E-state index contributed by atoms with van der Waals surface area (Å²) in [6.07, 6.45) is 1.09. The third-order valence-electron chi connectivity index (χ3n) is 1.84. The van der Waals surface area contributed by atoms with Crippen molar-refractivity contribution < 1.29 is 12.9 Å². The average molecular weight is 244 g/mol. The first-order valence-electron chi connectivity index (χ1n) is 4.04. The van der Waals surface area contributed by atoms with E-state index in [0.717, 1.165) is 6.20 Å². The van der Waals surface area contributed by atoms with Crippen molar-refractivity contribution in [2.75, 3.05) is 0 Å². The Morgan fingerprint density at radius 3 is 2.47 bits per heavy atom. The Morgan fingerprint density at radius 1 is 1.20 bits per heavy atom. The molecule has 0 fully saturated rings. The number of rotatable bonds is 2. The molecule has 0 saturated heterocycles. The standard InChI is InChI=1S/C9H6ClNO3S/c10-15(12,13)8-6-11-14-9(8)7-4-2-1-3-5-7/h1-6H. The first-order chi connectivity index (χ1) is 7.09. The van der Waals surface area contributed by atoms with Crippen molar-refractivity contribution in [1.82, 2.24) is 5.16 Å². The molecule has 2 rings (SSSR count). The molecule has 4 nitrogen and oxygen atoms in total. The number of hydrogen-bond donors (Lipinski definition) is 0. The minimum atomic E-state index is -3.82. The molecule has 0 amide bonds. The Morgan fingerprint density at radius 2 is 1.87 bits per heavy atom. The minimum Gasteiger partial charge on any atom is -0.355 e. The molecule has 0 atom stereocenters. The minimum absolute atomic E-state index is 0.115. The van der Waals surface area contributed by atoms with Crippen LogP contribution in [0.25, 0.3) is 11.3 Å². The van der Waals surface area contributed by atoms with Gasteiger partial charge >= 0.3 is 0 Å². The summed E-state index contributed by atoms with van der Waals surface area (Å²) >= 11 is 0. The highest BCUT2D eigenvalue weighted by atomic mass is 35.7. The van der Waals surface area contributed by atoms with Gasteiger partial charge < -0.3 is 4.52 Å². The Kier molecular flexibility index (Phi) is 2.50. The molecule has 78 valence electrons. The average Bonchev–Trinajstić information content (AvgIpc) is 2.67. The molecule has 0 aliphatic carbocycles. The maximum atomic E-state index is 11.2. The monoisotopic (exact) mass is 243 g/mol. The molecule has 6 heteroatoms. The van der Waals surface area contributed by atoms with E-state index >= 15 is 0 Å². The molecule has 1 heterocycles. The highest BCUT2D eigenvalue weighted by molar-refractivity contribution is 8.13. The van der Waals surface area contributed by atoms with E-state index in [1.54, 1.807) is 24.3 Å². The first kappa shape index (κ1) is 10.2. The molecular weight excluding hydrogens is 238 g/mol. The van der Waals surface area contributed by atoms with E-state index < -0.39 is 9.05 Å². The van der Waals surface area contributed by atoms with Crippen LogP contribution in [0.2, 0.25) is 0 Å². The Labute approximate surface area is 90.9 Å². The SMILES string of the molecule is O=S(=O)(Cl)c1cnoc1-c1ccccc1. The number of halogens is 1. The number of benzene rings is 1. The summed E-state index contributed by atoms with van der Waals surface area (Å²) in [7, 11) is 1.40. The van der Waals surface area contributed by atoms with Crippen LogP contribution in [-0.4, -0.2) is 13.6 Å². The van der Waals surface area contributed by atoms with Gasteiger partial charge in [0.2, 0.25) is 0 Å². The van der Waals surface area contributed by atoms with Crippen molar-refractivity contribution in [2.24, 2.45) is 0 Å². The van der Waals surface area contributed by atoms with Crippen molar-refractivity contribution in [3.63, 3.8) is 0 Å². The van der Waals surface area contributed by atoms with Gasteiger partial charge in [0, 0.05) is 16.2 Å². The van der Waals surface area contributed by atoms with Gasteiger partial charge in [0.15, 0.2) is 5.76 Å². The topological polar surface area (TPSA) is 60.2 Å². The predicted octanol–water partition coefficient (Wildman–Crippen LogP) is 2.27. The number of nitrogens with zero attached hydrogens (tertiary/aromatic N) is 1. The molecule has 2 aromatic rings. The van der Waals surface area contributed by atoms with Crippen molar-refractivity contribution in [3.05, 3.63) is 36.5 Å². The van der Waals surface area contributed by atoms with Crippen LogP contribution in [0.1, 0.15) is 0 Å². The van der Waals surface area contributed by atoms with Gasteiger partial charge in [-0.05, 0) is 0 Å². The van der Waals surface area contributed by atoms with Crippen LogP contribution in [0, 0.1) is 0 Å². The molecule has 1 aromatic carbocycles. The lowest BCUT2D eigenvalue weighted by Gasteiger charge is -1.96. The van der Waals surface area contributed by atoms with E-state index in [-0.39, 0.29) is 10.7 Å². The summed E-state index contributed by atoms with van der Waals surface area (Å²) in [6, 6.07) is 8.78. The first-order valence-corrected chi connectivity index (χ1v) is 6.35. The summed E-state index contributed by atoms with van der Waals surface area (Å²) < 4.78 is 27.2. The smallest absolute Gasteiger partial charge is 0.266 e. The van der Waals surface area contributed by atoms with Gasteiger partial charge in [-0.2, -0.15) is 0 Å². The fraction of sp³-hybridized carbons (Fsp3) is 0. The maximum absolute atomic E-state index is 11.2. The van der Waals surface area contributed by atoms with Gasteiger partial charge in [0.25, 0.3) is 9.05 Å². The largest absolute Gasteiger partial charge is 0.355 e. The van der Waals surface area contributed by atoms with E-state index in [1.807, 2.05) is 6.07 Å². The molecule has 1 aromatic heterocycles. The van der Waals surface area contributed by atoms with Crippen LogP contribution in [-0.2, 0) is 9.05 Å². The van der Waals surface area contributed by atoms with Crippen LogP contribution in [0.15, 0.2) is 45.9 Å². The highest BCUT2D eigenvalue weighted by Crippen LogP contribution is 2.28. The van der Waals surface area contributed by atoms with E-state index in [9.17, 15) is 8.42 Å². The van der Waals surface area contributed by atoms with Crippen LogP contribution in [0.4, 0.5) is 0 Å². The molecule has 0 saturated carbocycles. The Hall–Kier alpha value is -1.33. The second-order valence-electron chi connectivity index (χ2n) is 2.82. The fourth-order valence-electron chi connectivity index (χ4n) is 1.19. The van der Waals surface area contributed by atoms with Crippen molar-refractivity contribution in [1.29, 1.82) is 0 Å². The summed E-state index contributed by atoms with van der Waals surface area (Å²) in [5.41, 5.74) is 0.620. The molecule has 0 N–H and O–H groups in total. The van der Waals surface area contributed by atoms with E-state index in [4.69, 9.17) is 15.2 Å². The lowest BCUT2D eigenvalue weighted by Crippen LogP contribution is -1.90. The van der Waals surface area contributed by atoms with Gasteiger partial charge in [0.1, 0.15) is 4.90 Å². The van der Waals surface area contributed by atoms with Crippen molar-refractivity contribution in [3.8, 4) is 11.3 Å². The van der Waals surface area contributed by atoms with Gasteiger partial charge in [0.05, 0.1) is 6.20 Å². The number of hydrogen-bond acceptors (Lipinski definition) is 4. The number of aromatic nitrogens is 1. The maximum Gasteiger partial charge on any atom is 0.266 e. The highest BCUT2D eigenvalue weighted by Gasteiger charge is 2.21. The predicted molar refractivity (Wildman–Crippen MR) is 55.0 cm³/mol. The summed E-state index contributed by atoms with van der Waals surface area (Å²) in [5.74, 6) is 0.158. The van der Waals surface area contributed by atoms with E-state index in [2.05, 4.69) is 5.16 Å². The van der Waals surface area contributed by atoms with Gasteiger partial charge in [-0.3, -0.25) is 0 Å². The molecule has 0 bridgehead atoms. The lowest BCUT2D eigenvalue weighted by atomic mass is 10.2. The molecule has 0 unspecified atom stereocenters. The molecular formula is C9H6ClNO3S.